The van der Waals surface area contributed by atoms with E-state index in [4.69, 9.17) is 25.2 Å². The van der Waals surface area contributed by atoms with E-state index in [1.165, 1.54) is 27.8 Å². The number of carboxylic acids is 3. The van der Waals surface area contributed by atoms with Crippen LogP contribution in [-0.4, -0.2) is 76.1 Å². The molecule has 0 unspecified atom stereocenters. The molecule has 0 bridgehead atoms. The second-order valence-corrected chi connectivity index (χ2v) is 9.59. The molecule has 0 saturated heterocycles. The molecule has 9 heteroatoms. The minimum Gasteiger partial charge on any atom is -0.492 e. The fourth-order valence-corrected chi connectivity index (χ4v) is 4.06. The lowest BCUT2D eigenvalue weighted by molar-refractivity contribution is -0.170. The summed E-state index contributed by atoms with van der Waals surface area (Å²) in [6, 6.07) is 29.8. The molecular weight excluding hydrogens is 538 g/mol. The number of carboxylic acid groups (broad SMARTS) is 3. The molecule has 3 aromatic rings. The Kier molecular flexibility index (Phi) is 14.7. The maximum absolute atomic E-state index is 10.3. The highest BCUT2D eigenvalue weighted by atomic mass is 16.5. The number of carbonyl (C=O) groups is 3. The average molecular weight is 580 g/mol. The second kappa shape index (κ2) is 17.4. The topological polar surface area (TPSA) is 145 Å². The summed E-state index contributed by atoms with van der Waals surface area (Å²) >= 11 is 0. The van der Waals surface area contributed by atoms with Gasteiger partial charge in [0, 0.05) is 6.54 Å². The van der Waals surface area contributed by atoms with E-state index in [1.54, 1.807) is 0 Å². The van der Waals surface area contributed by atoms with Crippen molar-refractivity contribution < 1.29 is 39.5 Å². The van der Waals surface area contributed by atoms with Gasteiger partial charge in [-0.15, -0.1) is 0 Å². The lowest BCUT2D eigenvalue weighted by Gasteiger charge is -2.18. The van der Waals surface area contributed by atoms with Crippen molar-refractivity contribution in [2.24, 2.45) is 0 Å². The molecule has 0 aromatic heterocycles. The third-order valence-corrected chi connectivity index (χ3v) is 6.08. The van der Waals surface area contributed by atoms with Crippen LogP contribution in [0.2, 0.25) is 0 Å². The second-order valence-electron chi connectivity index (χ2n) is 9.59. The molecule has 0 fully saturated rings. The van der Waals surface area contributed by atoms with Crippen molar-refractivity contribution in [2.75, 3.05) is 27.2 Å². The summed E-state index contributed by atoms with van der Waals surface area (Å²) in [6.45, 7) is 3.83. The number of rotatable bonds is 13. The van der Waals surface area contributed by atoms with Crippen LogP contribution in [0.25, 0.3) is 11.1 Å². The summed E-state index contributed by atoms with van der Waals surface area (Å²) in [6.07, 6.45) is -1.32. The van der Waals surface area contributed by atoms with Gasteiger partial charge in [-0.05, 0) is 60.5 Å². The SMILES string of the molecule is C.CC/C(=C(\c1ccccc1)c1ccc(OCCN(C)C)cc1)c1ccccc1.O=C(O)CC(O)(CC(=O)O)C(=O)O. The highest BCUT2D eigenvalue weighted by molar-refractivity contribution is 5.98. The van der Waals surface area contributed by atoms with Gasteiger partial charge < -0.3 is 30.1 Å². The Morgan fingerprint density at radius 3 is 1.60 bits per heavy atom. The van der Waals surface area contributed by atoms with E-state index in [0.29, 0.717) is 6.61 Å². The standard InChI is InChI=1S/C26H29NO.C6H8O7.CH4/c1-4-25(21-11-7-5-8-12-21)26(22-13-9-6-10-14-22)23-15-17-24(18-16-23)28-20-19-27(2)3;7-3(8)1-6(13,5(11)12)2-4(9)10;/h5-18H,4,19-20H2,1-3H3;13H,1-2H2,(H,7,8)(H,9,10)(H,11,12);1H4/b26-25-;;. The summed E-state index contributed by atoms with van der Waals surface area (Å²) in [5.74, 6) is -4.11. The van der Waals surface area contributed by atoms with E-state index in [2.05, 4.69) is 111 Å². The number of nitrogens with zero attached hydrogens (tertiary/aromatic N) is 1. The van der Waals surface area contributed by atoms with Gasteiger partial charge >= 0.3 is 17.9 Å². The maximum Gasteiger partial charge on any atom is 0.336 e. The number of hydrogen-bond acceptors (Lipinski definition) is 6. The number of hydrogen-bond donors (Lipinski definition) is 4. The van der Waals surface area contributed by atoms with E-state index in [1.807, 2.05) is 0 Å². The van der Waals surface area contributed by atoms with E-state index < -0.39 is 36.4 Å². The number of benzene rings is 3. The summed E-state index contributed by atoms with van der Waals surface area (Å²) < 4.78 is 5.87. The molecule has 3 aromatic carbocycles. The Hall–Kier alpha value is -4.47. The van der Waals surface area contributed by atoms with Crippen LogP contribution >= 0.6 is 0 Å². The van der Waals surface area contributed by atoms with Crippen LogP contribution in [0.4, 0.5) is 0 Å². The van der Waals surface area contributed by atoms with E-state index in [-0.39, 0.29) is 7.43 Å². The molecule has 0 amide bonds. The van der Waals surface area contributed by atoms with Gasteiger partial charge in [0.25, 0.3) is 0 Å². The molecule has 0 heterocycles. The van der Waals surface area contributed by atoms with Gasteiger partial charge in [-0.25, -0.2) is 4.79 Å². The molecule has 0 saturated carbocycles. The zero-order valence-electron chi connectivity index (χ0n) is 23.5. The van der Waals surface area contributed by atoms with E-state index in [0.717, 1.165) is 18.7 Å². The zero-order valence-corrected chi connectivity index (χ0v) is 23.5. The van der Waals surface area contributed by atoms with Crippen molar-refractivity contribution >= 4 is 29.1 Å². The quantitative estimate of drug-likeness (QED) is 0.196. The van der Waals surface area contributed by atoms with Gasteiger partial charge in [0.1, 0.15) is 12.4 Å². The molecule has 42 heavy (non-hydrogen) atoms. The van der Waals surface area contributed by atoms with E-state index in [9.17, 15) is 14.4 Å². The van der Waals surface area contributed by atoms with Crippen molar-refractivity contribution in [1.29, 1.82) is 0 Å². The van der Waals surface area contributed by atoms with E-state index >= 15 is 0 Å². The third kappa shape index (κ3) is 11.2. The zero-order chi connectivity index (χ0) is 30.4. The smallest absolute Gasteiger partial charge is 0.336 e. The van der Waals surface area contributed by atoms with Crippen molar-refractivity contribution in [3.05, 3.63) is 102 Å². The highest BCUT2D eigenvalue weighted by Crippen LogP contribution is 2.34. The first-order valence-electron chi connectivity index (χ1n) is 13.1. The minimum atomic E-state index is -2.74. The highest BCUT2D eigenvalue weighted by Gasteiger charge is 2.40. The first-order chi connectivity index (χ1) is 19.5. The molecule has 4 N–H and O–H groups in total. The Morgan fingerprint density at radius 1 is 0.738 bits per heavy atom. The first kappa shape index (κ1) is 35.6. The van der Waals surface area contributed by atoms with Crippen molar-refractivity contribution in [1.82, 2.24) is 4.90 Å². The summed E-state index contributed by atoms with van der Waals surface area (Å²) in [5.41, 5.74) is 3.63. The van der Waals surface area contributed by atoms with Crippen molar-refractivity contribution in [3.63, 3.8) is 0 Å². The molecule has 0 atom stereocenters. The molecular formula is C33H41NO8. The van der Waals surface area contributed by atoms with Gasteiger partial charge in [-0.1, -0.05) is 87.1 Å². The predicted molar refractivity (Wildman–Crippen MR) is 163 cm³/mol. The van der Waals surface area contributed by atoms with Gasteiger partial charge in [-0.2, -0.15) is 0 Å². The predicted octanol–water partition coefficient (Wildman–Crippen LogP) is 5.38. The summed E-state index contributed by atoms with van der Waals surface area (Å²) in [5, 5.41) is 33.8. The van der Waals surface area contributed by atoms with Crippen LogP contribution in [0.3, 0.4) is 0 Å². The number of ether oxygens (including phenoxy) is 1. The number of allylic oxidation sites excluding steroid dienone is 1. The van der Waals surface area contributed by atoms with Crippen molar-refractivity contribution in [3.8, 4) is 5.75 Å². The average Bonchev–Trinajstić information content (AvgIpc) is 2.92. The van der Waals surface area contributed by atoms with Crippen LogP contribution < -0.4 is 4.74 Å². The van der Waals surface area contributed by atoms with Gasteiger partial charge in [-0.3, -0.25) is 9.59 Å². The maximum atomic E-state index is 10.3. The molecule has 226 valence electrons. The summed E-state index contributed by atoms with van der Waals surface area (Å²) in [7, 11) is 4.11. The Balaban J connectivity index is 0.000000537. The molecule has 0 radical (unpaired) electrons. The normalized spacial score (nSPS) is 11.4. The number of aliphatic carboxylic acids is 3. The molecule has 0 spiro atoms. The van der Waals surface area contributed by atoms with Crippen molar-refractivity contribution in [2.45, 2.75) is 39.2 Å². The van der Waals surface area contributed by atoms with Crippen LogP contribution in [-0.2, 0) is 14.4 Å². The summed E-state index contributed by atoms with van der Waals surface area (Å²) in [4.78, 5) is 32.6. The molecule has 0 aliphatic carbocycles. The molecule has 3 rings (SSSR count). The fourth-order valence-electron chi connectivity index (χ4n) is 4.06. The minimum absolute atomic E-state index is 0. The largest absolute Gasteiger partial charge is 0.492 e. The lowest BCUT2D eigenvalue weighted by atomic mass is 9.88. The molecule has 9 nitrogen and oxygen atoms in total. The van der Waals surface area contributed by atoms with Crippen LogP contribution in [0, 0.1) is 0 Å². The molecule has 0 aliphatic heterocycles. The van der Waals surface area contributed by atoms with Crippen LogP contribution in [0.1, 0.15) is 50.3 Å². The third-order valence-electron chi connectivity index (χ3n) is 6.08. The Labute approximate surface area is 247 Å². The monoisotopic (exact) mass is 579 g/mol. The number of aliphatic hydroxyl groups is 1. The van der Waals surface area contributed by atoms with Crippen LogP contribution in [0.5, 0.6) is 5.75 Å². The molecule has 0 aliphatic rings. The first-order valence-corrected chi connectivity index (χ1v) is 13.1. The van der Waals surface area contributed by atoms with Crippen LogP contribution in [0.15, 0.2) is 84.9 Å². The van der Waals surface area contributed by atoms with Gasteiger partial charge in [0.2, 0.25) is 0 Å². The lowest BCUT2D eigenvalue weighted by Crippen LogP contribution is -2.42. The number of likely N-dealkylation sites (N-methyl/N-ethyl adjacent to an activating group) is 1. The van der Waals surface area contributed by atoms with Gasteiger partial charge in [0.15, 0.2) is 5.60 Å². The fraction of sp³-hybridized carbons (Fsp3) is 0.303. The van der Waals surface area contributed by atoms with Gasteiger partial charge in [0.05, 0.1) is 12.8 Å². The Bertz CT molecular complexity index is 1290. The Morgan fingerprint density at radius 2 is 1.19 bits per heavy atom.